The zero-order valence-corrected chi connectivity index (χ0v) is 18.7. The van der Waals surface area contributed by atoms with Crippen LogP contribution in [0.1, 0.15) is 27.0 Å². The number of aryl methyl sites for hydroxylation is 1. The molecule has 3 aromatic rings. The van der Waals surface area contributed by atoms with Crippen molar-refractivity contribution in [2.75, 3.05) is 7.11 Å². The Morgan fingerprint density at radius 1 is 1.17 bits per heavy atom. The lowest BCUT2D eigenvalue weighted by Crippen LogP contribution is -2.01. The Hall–Kier alpha value is -2.83. The first kappa shape index (κ1) is 21.9. The largest absolute Gasteiger partial charge is 0.493 e. The number of aliphatic imine (C=N–C) groups is 1. The van der Waals surface area contributed by atoms with E-state index in [-0.39, 0.29) is 12.2 Å². The molecule has 5 nitrogen and oxygen atoms in total. The molecule has 7 heteroatoms. The average Bonchev–Trinajstić information content (AvgIpc) is 2.73. The Balaban J connectivity index is 1.77. The van der Waals surface area contributed by atoms with Gasteiger partial charge in [-0.1, -0.05) is 29.8 Å². The van der Waals surface area contributed by atoms with Crippen LogP contribution in [-0.4, -0.2) is 24.4 Å². The number of aromatic carboxylic acids is 1. The first-order valence-electron chi connectivity index (χ1n) is 9.00. The summed E-state index contributed by atoms with van der Waals surface area (Å²) in [7, 11) is 1.57. The number of benzene rings is 3. The number of carbonyl (C=O) groups is 1. The van der Waals surface area contributed by atoms with E-state index in [1.807, 2.05) is 37.3 Å². The number of methoxy groups -OCH3 is 1. The summed E-state index contributed by atoms with van der Waals surface area (Å²) < 4.78 is 12.1. The average molecular weight is 489 g/mol. The van der Waals surface area contributed by atoms with E-state index in [4.69, 9.17) is 26.2 Å². The van der Waals surface area contributed by atoms with E-state index >= 15 is 0 Å². The van der Waals surface area contributed by atoms with Crippen molar-refractivity contribution < 1.29 is 19.4 Å². The molecule has 154 valence electrons. The maximum atomic E-state index is 11.0. The van der Waals surface area contributed by atoms with Crippen molar-refractivity contribution in [1.82, 2.24) is 0 Å². The van der Waals surface area contributed by atoms with Gasteiger partial charge in [0.05, 0.1) is 22.8 Å². The summed E-state index contributed by atoms with van der Waals surface area (Å²) in [6, 6.07) is 15.9. The normalized spacial score (nSPS) is 10.9. The van der Waals surface area contributed by atoms with Crippen LogP contribution < -0.4 is 9.47 Å². The lowest BCUT2D eigenvalue weighted by atomic mass is 10.1. The minimum absolute atomic E-state index is 0.232. The standard InChI is InChI=1S/C23H19BrClNO4/c1-14-3-8-18(11-20(14)25)26-12-16-9-19(24)22(21(10-16)29-2)30-13-15-4-6-17(7-5-15)23(27)28/h3-12H,13H2,1-2H3,(H,27,28). The molecule has 0 saturated heterocycles. The zero-order valence-electron chi connectivity index (χ0n) is 16.4. The second-order valence-electron chi connectivity index (χ2n) is 6.52. The number of rotatable bonds is 7. The molecule has 0 unspecified atom stereocenters. The summed E-state index contributed by atoms with van der Waals surface area (Å²) in [5.41, 5.74) is 3.66. The maximum Gasteiger partial charge on any atom is 0.335 e. The van der Waals surface area contributed by atoms with E-state index in [2.05, 4.69) is 20.9 Å². The van der Waals surface area contributed by atoms with Crippen LogP contribution in [0, 0.1) is 6.92 Å². The van der Waals surface area contributed by atoms with E-state index in [9.17, 15) is 4.79 Å². The first-order valence-corrected chi connectivity index (χ1v) is 10.2. The highest BCUT2D eigenvalue weighted by Crippen LogP contribution is 2.37. The number of hydrogen-bond donors (Lipinski definition) is 1. The van der Waals surface area contributed by atoms with Crippen molar-refractivity contribution in [3.8, 4) is 11.5 Å². The van der Waals surface area contributed by atoms with Crippen LogP contribution in [0.25, 0.3) is 0 Å². The number of halogens is 2. The minimum atomic E-state index is -0.961. The SMILES string of the molecule is COc1cc(C=Nc2ccc(C)c(Cl)c2)cc(Br)c1OCc1ccc(C(=O)O)cc1. The van der Waals surface area contributed by atoms with Crippen molar-refractivity contribution in [2.24, 2.45) is 4.99 Å². The number of carboxylic acids is 1. The molecule has 0 aliphatic carbocycles. The zero-order chi connectivity index (χ0) is 21.7. The van der Waals surface area contributed by atoms with E-state index in [1.54, 1.807) is 37.6 Å². The van der Waals surface area contributed by atoms with Crippen LogP contribution in [0.15, 0.2) is 64.1 Å². The van der Waals surface area contributed by atoms with Gasteiger partial charge in [0, 0.05) is 11.2 Å². The predicted octanol–water partition coefficient (Wildman–Crippen LogP) is 6.45. The summed E-state index contributed by atoms with van der Waals surface area (Å²) >= 11 is 9.68. The number of ether oxygens (including phenoxy) is 2. The predicted molar refractivity (Wildman–Crippen MR) is 122 cm³/mol. The third-order valence-electron chi connectivity index (χ3n) is 4.35. The van der Waals surface area contributed by atoms with E-state index in [1.165, 1.54) is 0 Å². The van der Waals surface area contributed by atoms with Crippen molar-refractivity contribution >= 4 is 45.4 Å². The second kappa shape index (κ2) is 9.78. The molecule has 0 heterocycles. The summed E-state index contributed by atoms with van der Waals surface area (Å²) in [5.74, 6) is 0.141. The topological polar surface area (TPSA) is 68.1 Å². The molecule has 1 N–H and O–H groups in total. The smallest absolute Gasteiger partial charge is 0.335 e. The molecule has 30 heavy (non-hydrogen) atoms. The van der Waals surface area contributed by atoms with Gasteiger partial charge < -0.3 is 14.6 Å². The number of nitrogens with zero attached hydrogens (tertiary/aromatic N) is 1. The fourth-order valence-electron chi connectivity index (χ4n) is 2.66. The third kappa shape index (κ3) is 5.40. The van der Waals surface area contributed by atoms with Gasteiger partial charge in [-0.25, -0.2) is 4.79 Å². The quantitative estimate of drug-likeness (QED) is 0.388. The Morgan fingerprint density at radius 3 is 2.53 bits per heavy atom. The molecule has 0 aromatic heterocycles. The fourth-order valence-corrected chi connectivity index (χ4v) is 3.41. The van der Waals surface area contributed by atoms with Crippen LogP contribution in [0.4, 0.5) is 5.69 Å². The summed E-state index contributed by atoms with van der Waals surface area (Å²) in [5, 5.41) is 9.66. The molecule has 0 amide bonds. The van der Waals surface area contributed by atoms with Crippen molar-refractivity contribution in [2.45, 2.75) is 13.5 Å². The molecular weight excluding hydrogens is 470 g/mol. The molecule has 3 aromatic carbocycles. The first-order chi connectivity index (χ1) is 14.4. The van der Waals surface area contributed by atoms with Gasteiger partial charge in [0.1, 0.15) is 6.61 Å². The Labute approximate surface area is 188 Å². The Kier molecular flexibility index (Phi) is 7.13. The van der Waals surface area contributed by atoms with Gasteiger partial charge >= 0.3 is 5.97 Å². The van der Waals surface area contributed by atoms with Gasteiger partial charge in [-0.3, -0.25) is 4.99 Å². The van der Waals surface area contributed by atoms with E-state index < -0.39 is 5.97 Å². The number of hydrogen-bond acceptors (Lipinski definition) is 4. The molecule has 0 fully saturated rings. The lowest BCUT2D eigenvalue weighted by Gasteiger charge is -2.13. The fraction of sp³-hybridized carbons (Fsp3) is 0.130. The molecule has 0 bridgehead atoms. The molecular formula is C23H19BrClNO4. The van der Waals surface area contributed by atoms with Crippen LogP contribution >= 0.6 is 27.5 Å². The molecule has 0 radical (unpaired) electrons. The van der Waals surface area contributed by atoms with Crippen molar-refractivity contribution in [1.29, 1.82) is 0 Å². The molecule has 0 aliphatic rings. The van der Waals surface area contributed by atoms with Gasteiger partial charge in [-0.2, -0.15) is 0 Å². The summed E-state index contributed by atoms with van der Waals surface area (Å²) in [4.78, 5) is 15.4. The highest BCUT2D eigenvalue weighted by atomic mass is 79.9. The van der Waals surface area contributed by atoms with Gasteiger partial charge in [0.25, 0.3) is 0 Å². The monoisotopic (exact) mass is 487 g/mol. The van der Waals surface area contributed by atoms with Crippen LogP contribution in [0.3, 0.4) is 0 Å². The van der Waals surface area contributed by atoms with Crippen molar-refractivity contribution in [3.63, 3.8) is 0 Å². The highest BCUT2D eigenvalue weighted by Gasteiger charge is 2.12. The Morgan fingerprint density at radius 2 is 1.90 bits per heavy atom. The van der Waals surface area contributed by atoms with Crippen molar-refractivity contribution in [3.05, 3.63) is 86.3 Å². The molecule has 0 atom stereocenters. The van der Waals surface area contributed by atoms with E-state index in [0.29, 0.717) is 21.0 Å². The molecule has 0 spiro atoms. The van der Waals surface area contributed by atoms with Crippen LogP contribution in [0.5, 0.6) is 11.5 Å². The maximum absolute atomic E-state index is 11.0. The minimum Gasteiger partial charge on any atom is -0.493 e. The Bertz CT molecular complexity index is 1100. The van der Waals surface area contributed by atoms with Crippen LogP contribution in [0.2, 0.25) is 5.02 Å². The molecule has 3 rings (SSSR count). The van der Waals surface area contributed by atoms with Crippen LogP contribution in [-0.2, 0) is 6.61 Å². The van der Waals surface area contributed by atoms with Gasteiger partial charge in [0.2, 0.25) is 0 Å². The third-order valence-corrected chi connectivity index (χ3v) is 5.35. The summed E-state index contributed by atoms with van der Waals surface area (Å²) in [6.07, 6.45) is 1.72. The summed E-state index contributed by atoms with van der Waals surface area (Å²) in [6.45, 7) is 2.21. The van der Waals surface area contributed by atoms with Gasteiger partial charge in [-0.05, 0) is 75.9 Å². The highest BCUT2D eigenvalue weighted by molar-refractivity contribution is 9.10. The van der Waals surface area contributed by atoms with Gasteiger partial charge in [0.15, 0.2) is 11.5 Å². The van der Waals surface area contributed by atoms with Gasteiger partial charge in [-0.15, -0.1) is 0 Å². The number of carboxylic acid groups (broad SMARTS) is 1. The second-order valence-corrected chi connectivity index (χ2v) is 7.78. The molecule has 0 aliphatic heterocycles. The van der Waals surface area contributed by atoms with E-state index in [0.717, 1.165) is 22.4 Å². The molecule has 0 saturated carbocycles. The lowest BCUT2D eigenvalue weighted by molar-refractivity contribution is 0.0697.